The molecule has 0 heterocycles. The predicted molar refractivity (Wildman–Crippen MR) is 56.2 cm³/mol. The van der Waals surface area contributed by atoms with Gasteiger partial charge in [-0.2, -0.15) is 5.26 Å². The summed E-state index contributed by atoms with van der Waals surface area (Å²) in [7, 11) is -3.14. The van der Waals surface area contributed by atoms with Crippen LogP contribution in [0.15, 0.2) is 0 Å². The molecule has 0 atom stereocenters. The molecule has 0 unspecified atom stereocenters. The SMILES string of the molecule is CCCCCCS(=O)(=O)NCCC#N. The Bertz CT molecular complexity index is 267. The summed E-state index contributed by atoms with van der Waals surface area (Å²) < 4.78 is 24.9. The summed E-state index contributed by atoms with van der Waals surface area (Å²) in [5.74, 6) is 0.179. The zero-order chi connectivity index (χ0) is 10.9. The van der Waals surface area contributed by atoms with E-state index < -0.39 is 10.0 Å². The van der Waals surface area contributed by atoms with E-state index in [-0.39, 0.29) is 18.7 Å². The van der Waals surface area contributed by atoms with Crippen LogP contribution in [0.2, 0.25) is 0 Å². The maximum Gasteiger partial charge on any atom is 0.211 e. The van der Waals surface area contributed by atoms with Crippen molar-refractivity contribution in [3.8, 4) is 6.07 Å². The first-order valence-electron chi connectivity index (χ1n) is 4.96. The first kappa shape index (κ1) is 13.4. The third-order valence-electron chi connectivity index (χ3n) is 1.83. The van der Waals surface area contributed by atoms with Gasteiger partial charge >= 0.3 is 0 Å². The largest absolute Gasteiger partial charge is 0.214 e. The van der Waals surface area contributed by atoms with E-state index in [1.165, 1.54) is 0 Å². The molecule has 0 fully saturated rings. The Morgan fingerprint density at radius 3 is 2.57 bits per heavy atom. The molecule has 0 saturated carbocycles. The van der Waals surface area contributed by atoms with Gasteiger partial charge in [-0.15, -0.1) is 0 Å². The number of sulfonamides is 1. The molecule has 0 amide bonds. The first-order valence-corrected chi connectivity index (χ1v) is 6.62. The van der Waals surface area contributed by atoms with Crippen LogP contribution in [0.4, 0.5) is 0 Å². The van der Waals surface area contributed by atoms with Crippen molar-refractivity contribution in [3.63, 3.8) is 0 Å². The molecule has 0 spiro atoms. The van der Waals surface area contributed by atoms with Gasteiger partial charge in [0, 0.05) is 13.0 Å². The highest BCUT2D eigenvalue weighted by atomic mass is 32.2. The van der Waals surface area contributed by atoms with E-state index in [1.807, 2.05) is 6.07 Å². The lowest BCUT2D eigenvalue weighted by atomic mass is 10.2. The Hall–Kier alpha value is -0.600. The lowest BCUT2D eigenvalue weighted by Gasteiger charge is -2.03. The van der Waals surface area contributed by atoms with Crippen LogP contribution in [0, 0.1) is 11.3 Å². The number of unbranched alkanes of at least 4 members (excludes halogenated alkanes) is 3. The van der Waals surface area contributed by atoms with Crippen molar-refractivity contribution in [2.24, 2.45) is 0 Å². The number of hydrogen-bond acceptors (Lipinski definition) is 3. The minimum Gasteiger partial charge on any atom is -0.214 e. The number of nitrogens with one attached hydrogen (secondary N) is 1. The molecule has 0 aliphatic heterocycles. The van der Waals surface area contributed by atoms with Crippen molar-refractivity contribution in [1.29, 1.82) is 5.26 Å². The topological polar surface area (TPSA) is 70.0 Å². The third kappa shape index (κ3) is 8.02. The molecule has 0 bridgehead atoms. The molecule has 14 heavy (non-hydrogen) atoms. The van der Waals surface area contributed by atoms with Crippen LogP contribution in [0.3, 0.4) is 0 Å². The molecule has 5 heteroatoms. The average molecular weight is 218 g/mol. The molecule has 0 aromatic rings. The molecule has 1 N–H and O–H groups in total. The summed E-state index contributed by atoms with van der Waals surface area (Å²) in [5.41, 5.74) is 0. The molecule has 0 aliphatic carbocycles. The normalized spacial score (nSPS) is 11.1. The van der Waals surface area contributed by atoms with Crippen LogP contribution >= 0.6 is 0 Å². The van der Waals surface area contributed by atoms with E-state index in [2.05, 4.69) is 11.6 Å². The smallest absolute Gasteiger partial charge is 0.211 e. The van der Waals surface area contributed by atoms with E-state index in [0.717, 1.165) is 19.3 Å². The second-order valence-electron chi connectivity index (χ2n) is 3.18. The van der Waals surface area contributed by atoms with Crippen molar-refractivity contribution in [2.45, 2.75) is 39.0 Å². The Balaban J connectivity index is 3.58. The summed E-state index contributed by atoms with van der Waals surface area (Å²) >= 11 is 0. The third-order valence-corrected chi connectivity index (χ3v) is 3.30. The molecule has 0 aromatic carbocycles. The molecule has 4 nitrogen and oxygen atoms in total. The zero-order valence-electron chi connectivity index (χ0n) is 8.62. The maximum absolute atomic E-state index is 11.2. The summed E-state index contributed by atoms with van der Waals surface area (Å²) in [4.78, 5) is 0. The quantitative estimate of drug-likeness (QED) is 0.626. The van der Waals surface area contributed by atoms with Gasteiger partial charge < -0.3 is 0 Å². The van der Waals surface area contributed by atoms with E-state index >= 15 is 0 Å². The van der Waals surface area contributed by atoms with E-state index in [0.29, 0.717) is 6.42 Å². The number of hydrogen-bond donors (Lipinski definition) is 1. The Kier molecular flexibility index (Phi) is 7.44. The van der Waals surface area contributed by atoms with E-state index in [4.69, 9.17) is 5.26 Å². The highest BCUT2D eigenvalue weighted by Gasteiger charge is 2.07. The summed E-state index contributed by atoms with van der Waals surface area (Å²) in [6.07, 6.45) is 4.06. The van der Waals surface area contributed by atoms with Gasteiger partial charge in [0.1, 0.15) is 0 Å². The Morgan fingerprint density at radius 1 is 1.29 bits per heavy atom. The Morgan fingerprint density at radius 2 is 2.00 bits per heavy atom. The van der Waals surface area contributed by atoms with Crippen molar-refractivity contribution in [3.05, 3.63) is 0 Å². The zero-order valence-corrected chi connectivity index (χ0v) is 9.44. The maximum atomic E-state index is 11.2. The lowest BCUT2D eigenvalue weighted by Crippen LogP contribution is -2.27. The number of rotatable bonds is 8. The van der Waals surface area contributed by atoms with Crippen LogP contribution < -0.4 is 4.72 Å². The second-order valence-corrected chi connectivity index (χ2v) is 5.11. The van der Waals surface area contributed by atoms with Gasteiger partial charge in [-0.05, 0) is 6.42 Å². The molecule has 0 rings (SSSR count). The van der Waals surface area contributed by atoms with Gasteiger partial charge in [0.15, 0.2) is 0 Å². The summed E-state index contributed by atoms with van der Waals surface area (Å²) in [6.45, 7) is 2.31. The van der Waals surface area contributed by atoms with Crippen LogP contribution in [0.1, 0.15) is 39.0 Å². The van der Waals surface area contributed by atoms with Crippen molar-refractivity contribution in [2.75, 3.05) is 12.3 Å². The fourth-order valence-electron chi connectivity index (χ4n) is 1.05. The predicted octanol–water partition coefficient (Wildman–Crippen LogP) is 1.40. The van der Waals surface area contributed by atoms with Gasteiger partial charge in [0.05, 0.1) is 11.8 Å². The number of nitrogens with zero attached hydrogens (tertiary/aromatic N) is 1. The fraction of sp³-hybridized carbons (Fsp3) is 0.889. The van der Waals surface area contributed by atoms with Crippen molar-refractivity contribution < 1.29 is 8.42 Å². The standard InChI is InChI=1S/C9H18N2O2S/c1-2-3-4-5-9-14(12,13)11-8-6-7-10/h11H,2-6,8-9H2,1H3. The monoisotopic (exact) mass is 218 g/mol. The van der Waals surface area contributed by atoms with Crippen LogP contribution in [0.5, 0.6) is 0 Å². The molecule has 82 valence electrons. The average Bonchev–Trinajstić information content (AvgIpc) is 2.13. The van der Waals surface area contributed by atoms with Gasteiger partial charge in [0.25, 0.3) is 0 Å². The van der Waals surface area contributed by atoms with E-state index in [1.54, 1.807) is 0 Å². The minimum atomic E-state index is -3.14. The van der Waals surface area contributed by atoms with Gasteiger partial charge in [-0.3, -0.25) is 0 Å². The molecule has 0 radical (unpaired) electrons. The fourth-order valence-corrected chi connectivity index (χ4v) is 2.20. The van der Waals surface area contributed by atoms with Gasteiger partial charge in [-0.25, -0.2) is 13.1 Å². The molecule has 0 saturated heterocycles. The summed E-state index contributed by atoms with van der Waals surface area (Å²) in [5, 5.41) is 8.22. The van der Waals surface area contributed by atoms with Crippen molar-refractivity contribution in [1.82, 2.24) is 4.72 Å². The van der Waals surface area contributed by atoms with Gasteiger partial charge in [-0.1, -0.05) is 26.2 Å². The Labute approximate surface area is 86.4 Å². The highest BCUT2D eigenvalue weighted by molar-refractivity contribution is 7.89. The highest BCUT2D eigenvalue weighted by Crippen LogP contribution is 2.00. The molecule has 0 aliphatic rings. The second kappa shape index (κ2) is 7.77. The minimum absolute atomic E-state index is 0.179. The first-order chi connectivity index (χ1) is 6.62. The van der Waals surface area contributed by atoms with E-state index in [9.17, 15) is 8.42 Å². The van der Waals surface area contributed by atoms with Gasteiger partial charge in [0.2, 0.25) is 10.0 Å². The van der Waals surface area contributed by atoms with Crippen LogP contribution in [-0.2, 0) is 10.0 Å². The lowest BCUT2D eigenvalue weighted by molar-refractivity contribution is 0.575. The van der Waals surface area contributed by atoms with Crippen LogP contribution in [0.25, 0.3) is 0 Å². The number of nitriles is 1. The van der Waals surface area contributed by atoms with Crippen LogP contribution in [-0.4, -0.2) is 20.7 Å². The molecule has 0 aromatic heterocycles. The van der Waals surface area contributed by atoms with Crippen molar-refractivity contribution >= 4 is 10.0 Å². The molecular formula is C9H18N2O2S. The molecular weight excluding hydrogens is 200 g/mol. The summed E-state index contributed by atoms with van der Waals surface area (Å²) in [6, 6.07) is 1.89.